The summed E-state index contributed by atoms with van der Waals surface area (Å²) in [5, 5.41) is 11.5. The molecule has 6 heteroatoms. The van der Waals surface area contributed by atoms with Crippen molar-refractivity contribution in [2.45, 2.75) is 38.0 Å². The number of quaternary nitrogens is 1. The minimum Gasteiger partial charge on any atom is -0.325 e. The lowest BCUT2D eigenvalue weighted by molar-refractivity contribution is -0.991. The van der Waals surface area contributed by atoms with Gasteiger partial charge in [0.1, 0.15) is 0 Å². The van der Waals surface area contributed by atoms with Crippen molar-refractivity contribution in [2.24, 2.45) is 0 Å². The number of non-ortho nitro benzene ring substituents is 1. The highest BCUT2D eigenvalue weighted by Gasteiger charge is 2.39. The van der Waals surface area contributed by atoms with Gasteiger partial charge in [0.05, 0.1) is 34.7 Å². The van der Waals surface area contributed by atoms with Gasteiger partial charge in [-0.2, -0.15) is 0 Å². The van der Waals surface area contributed by atoms with Crippen molar-refractivity contribution < 1.29 is 14.6 Å². The van der Waals surface area contributed by atoms with Crippen molar-refractivity contribution in [3.8, 4) is 0 Å². The van der Waals surface area contributed by atoms with E-state index < -0.39 is 0 Å². The number of nitro groups is 1. The first-order valence-corrected chi connectivity index (χ1v) is 7.45. The summed E-state index contributed by atoms with van der Waals surface area (Å²) in [4.78, 5) is 11.9. The molecule has 0 aromatic heterocycles. The Balaban J connectivity index is 1.94. The number of rotatable bonds is 2. The number of nitro benzene ring substituents is 1. The Hall–Kier alpha value is -1.17. The number of benzene rings is 1. The number of nitrogens with zero attached hydrogens (tertiary/aromatic N) is 1. The lowest BCUT2D eigenvalue weighted by Gasteiger charge is -2.41. The molecule has 20 heavy (non-hydrogen) atoms. The van der Waals surface area contributed by atoms with Crippen molar-refractivity contribution >= 4 is 17.3 Å². The van der Waals surface area contributed by atoms with Crippen LogP contribution in [0, 0.1) is 10.1 Å². The molecule has 0 bridgehead atoms. The minimum atomic E-state index is -0.383. The van der Waals surface area contributed by atoms with E-state index in [1.54, 1.807) is 12.1 Å². The molecular weight excluding hydrogens is 280 g/mol. The third-order valence-electron chi connectivity index (χ3n) is 4.35. The Kier molecular flexibility index (Phi) is 3.92. The topological polar surface area (TPSA) is 56.8 Å². The highest BCUT2D eigenvalue weighted by molar-refractivity contribution is 6.31. The maximum Gasteiger partial charge on any atom is 0.270 e. The first kappa shape index (κ1) is 13.8. The molecule has 2 saturated heterocycles. The summed E-state index contributed by atoms with van der Waals surface area (Å²) in [5.41, 5.74) is 0.828. The van der Waals surface area contributed by atoms with E-state index in [0.29, 0.717) is 17.7 Å². The predicted molar refractivity (Wildman–Crippen MR) is 74.9 cm³/mol. The van der Waals surface area contributed by atoms with Crippen LogP contribution in [0.1, 0.15) is 37.5 Å². The molecule has 0 saturated carbocycles. The summed E-state index contributed by atoms with van der Waals surface area (Å²) in [6, 6.07) is 5.21. The molecule has 1 unspecified atom stereocenters. The van der Waals surface area contributed by atoms with Crippen molar-refractivity contribution in [1.82, 2.24) is 0 Å². The van der Waals surface area contributed by atoms with E-state index in [0.717, 1.165) is 18.5 Å². The van der Waals surface area contributed by atoms with Gasteiger partial charge in [-0.25, -0.2) is 0 Å². The van der Waals surface area contributed by atoms with Crippen LogP contribution in [0.5, 0.6) is 0 Å². The lowest BCUT2D eigenvalue weighted by Crippen LogP contribution is -3.18. The molecule has 1 aromatic carbocycles. The van der Waals surface area contributed by atoms with Crippen LogP contribution in [0.4, 0.5) is 5.69 Å². The van der Waals surface area contributed by atoms with E-state index in [1.165, 1.54) is 30.2 Å². The number of nitrogens with one attached hydrogen (secondary N) is 1. The number of hydrogen-bond donors (Lipinski definition) is 1. The van der Waals surface area contributed by atoms with E-state index in [4.69, 9.17) is 16.3 Å². The normalized spacial score (nSPS) is 29.8. The second-order valence-electron chi connectivity index (χ2n) is 5.52. The third kappa shape index (κ3) is 2.53. The van der Waals surface area contributed by atoms with Crippen LogP contribution in [0.3, 0.4) is 0 Å². The summed E-state index contributed by atoms with van der Waals surface area (Å²) in [6.07, 6.45) is 4.56. The van der Waals surface area contributed by atoms with Gasteiger partial charge in [0, 0.05) is 18.6 Å². The Labute approximate surface area is 122 Å². The Bertz CT molecular complexity index is 521. The number of halogens is 1. The van der Waals surface area contributed by atoms with Crippen molar-refractivity contribution in [1.29, 1.82) is 0 Å². The quantitative estimate of drug-likeness (QED) is 0.672. The molecule has 3 atom stereocenters. The van der Waals surface area contributed by atoms with E-state index in [2.05, 4.69) is 0 Å². The minimum absolute atomic E-state index is 0.0755. The van der Waals surface area contributed by atoms with Crippen molar-refractivity contribution in [3.63, 3.8) is 0 Å². The Morgan fingerprint density at radius 1 is 1.35 bits per heavy atom. The second-order valence-corrected chi connectivity index (χ2v) is 5.93. The van der Waals surface area contributed by atoms with Crippen LogP contribution in [-0.4, -0.2) is 24.1 Å². The average molecular weight is 298 g/mol. The molecule has 0 aliphatic carbocycles. The van der Waals surface area contributed by atoms with Gasteiger partial charge in [0.2, 0.25) is 6.23 Å². The van der Waals surface area contributed by atoms with E-state index in [1.807, 2.05) is 0 Å². The molecule has 2 fully saturated rings. The molecule has 0 radical (unpaired) electrons. The zero-order valence-electron chi connectivity index (χ0n) is 11.2. The number of ether oxygens (including phenoxy) is 1. The molecule has 5 nitrogen and oxygen atoms in total. The number of fused-ring (bicyclic) bond motifs is 1. The van der Waals surface area contributed by atoms with Crippen molar-refractivity contribution in [3.05, 3.63) is 38.9 Å². The third-order valence-corrected chi connectivity index (χ3v) is 4.70. The Morgan fingerprint density at radius 2 is 2.20 bits per heavy atom. The van der Waals surface area contributed by atoms with Gasteiger partial charge in [-0.15, -0.1) is 0 Å². The van der Waals surface area contributed by atoms with Crippen LogP contribution in [-0.2, 0) is 4.74 Å². The highest BCUT2D eigenvalue weighted by atomic mass is 35.5. The monoisotopic (exact) mass is 297 g/mol. The van der Waals surface area contributed by atoms with Gasteiger partial charge >= 0.3 is 0 Å². The van der Waals surface area contributed by atoms with Crippen molar-refractivity contribution in [2.75, 3.05) is 13.2 Å². The summed E-state index contributed by atoms with van der Waals surface area (Å²) in [5.74, 6) is 0. The fourth-order valence-corrected chi connectivity index (χ4v) is 3.57. The smallest absolute Gasteiger partial charge is 0.270 e. The van der Waals surface area contributed by atoms with Crippen LogP contribution in [0.25, 0.3) is 0 Å². The fraction of sp³-hybridized carbons (Fsp3) is 0.571. The summed E-state index contributed by atoms with van der Waals surface area (Å²) < 4.78 is 5.90. The van der Waals surface area contributed by atoms with Crippen LogP contribution in [0.15, 0.2) is 18.2 Å². The maximum atomic E-state index is 10.9. The van der Waals surface area contributed by atoms with Gasteiger partial charge in [0.25, 0.3) is 5.69 Å². The fourth-order valence-electron chi connectivity index (χ4n) is 3.35. The van der Waals surface area contributed by atoms with Gasteiger partial charge in [-0.1, -0.05) is 11.6 Å². The van der Waals surface area contributed by atoms with E-state index in [9.17, 15) is 10.1 Å². The van der Waals surface area contributed by atoms with Gasteiger partial charge < -0.3 is 9.64 Å². The maximum absolute atomic E-state index is 10.9. The SMILES string of the molecule is O=[N+]([O-])c1ccc(Cl)c([C@H]2OCC[C@H]3CCCC[NH+]32)c1. The van der Waals surface area contributed by atoms with Crippen LogP contribution >= 0.6 is 11.6 Å². The largest absolute Gasteiger partial charge is 0.325 e. The predicted octanol–water partition coefficient (Wildman–Crippen LogP) is 2.10. The number of hydrogen-bond acceptors (Lipinski definition) is 3. The molecule has 2 heterocycles. The first-order valence-electron chi connectivity index (χ1n) is 7.08. The zero-order chi connectivity index (χ0) is 14.1. The summed E-state index contributed by atoms with van der Waals surface area (Å²) in [7, 11) is 0. The van der Waals surface area contributed by atoms with E-state index >= 15 is 0 Å². The zero-order valence-corrected chi connectivity index (χ0v) is 11.9. The molecular formula is C14H18ClN2O3+. The summed E-state index contributed by atoms with van der Waals surface area (Å²) in [6.45, 7) is 1.76. The highest BCUT2D eigenvalue weighted by Crippen LogP contribution is 2.29. The molecule has 0 amide bonds. The van der Waals surface area contributed by atoms with Gasteiger partial charge in [-0.05, 0) is 25.3 Å². The second kappa shape index (κ2) is 5.68. The molecule has 108 valence electrons. The standard InChI is InChI=1S/C14H17ClN2O3/c15-13-5-4-11(17(18)19)9-12(13)14-16-7-2-1-3-10(16)6-8-20-14/h4-5,9-10,14H,1-3,6-8H2/p+1/t10-,14-/m1/s1. The lowest BCUT2D eigenvalue weighted by atomic mass is 9.96. The average Bonchev–Trinajstić information content (AvgIpc) is 2.47. The molecule has 2 aliphatic heterocycles. The molecule has 2 aliphatic rings. The number of piperidine rings is 1. The molecule has 1 N–H and O–H groups in total. The first-order chi connectivity index (χ1) is 9.66. The van der Waals surface area contributed by atoms with Crippen LogP contribution in [0.2, 0.25) is 5.02 Å². The summed E-state index contributed by atoms with van der Waals surface area (Å²) >= 11 is 6.25. The molecule has 1 aromatic rings. The Morgan fingerprint density at radius 3 is 3.00 bits per heavy atom. The van der Waals surface area contributed by atoms with Gasteiger partial charge in [-0.3, -0.25) is 10.1 Å². The van der Waals surface area contributed by atoms with Crippen LogP contribution < -0.4 is 4.90 Å². The molecule has 0 spiro atoms. The van der Waals surface area contributed by atoms with E-state index in [-0.39, 0.29) is 16.8 Å². The van der Waals surface area contributed by atoms with Gasteiger partial charge in [0.15, 0.2) is 0 Å². The molecule has 3 rings (SSSR count).